The van der Waals surface area contributed by atoms with Gasteiger partial charge < -0.3 is 15.0 Å². The van der Waals surface area contributed by atoms with Crippen LogP contribution in [0, 0.1) is 6.92 Å². The fourth-order valence-electron chi connectivity index (χ4n) is 2.37. The number of rotatable bonds is 5. The molecule has 0 unspecified atom stereocenters. The van der Waals surface area contributed by atoms with Crippen molar-refractivity contribution < 1.29 is 9.53 Å². The lowest BCUT2D eigenvalue weighted by Gasteiger charge is -2.12. The SMILES string of the molecule is Cc1cc(Nc2cccc(OC(=O)c3ccc(N(C)C)cc3)c2)ncn1. The predicted octanol–water partition coefficient (Wildman–Crippen LogP) is 3.81. The van der Waals surface area contributed by atoms with Crippen molar-refractivity contribution in [2.45, 2.75) is 6.92 Å². The van der Waals surface area contributed by atoms with Crippen molar-refractivity contribution >= 4 is 23.2 Å². The first-order valence-corrected chi connectivity index (χ1v) is 8.16. The minimum atomic E-state index is -0.398. The number of aryl methyl sites for hydroxylation is 1. The quantitative estimate of drug-likeness (QED) is 0.558. The molecular formula is C20H20N4O2. The van der Waals surface area contributed by atoms with Gasteiger partial charge in [-0.3, -0.25) is 0 Å². The van der Waals surface area contributed by atoms with Gasteiger partial charge >= 0.3 is 5.97 Å². The first-order chi connectivity index (χ1) is 12.5. The molecule has 0 aliphatic rings. The molecular weight excluding hydrogens is 328 g/mol. The number of esters is 1. The normalized spacial score (nSPS) is 10.3. The molecule has 0 spiro atoms. The van der Waals surface area contributed by atoms with Crippen LogP contribution in [-0.4, -0.2) is 30.0 Å². The second kappa shape index (κ2) is 7.65. The molecule has 0 atom stereocenters. The highest BCUT2D eigenvalue weighted by Gasteiger charge is 2.09. The lowest BCUT2D eigenvalue weighted by atomic mass is 10.2. The van der Waals surface area contributed by atoms with E-state index in [4.69, 9.17) is 4.74 Å². The van der Waals surface area contributed by atoms with Crippen LogP contribution in [0.2, 0.25) is 0 Å². The largest absolute Gasteiger partial charge is 0.423 e. The van der Waals surface area contributed by atoms with E-state index in [1.165, 1.54) is 6.33 Å². The zero-order valence-electron chi connectivity index (χ0n) is 14.9. The van der Waals surface area contributed by atoms with Crippen LogP contribution in [0.1, 0.15) is 16.1 Å². The van der Waals surface area contributed by atoms with Crippen LogP contribution in [-0.2, 0) is 0 Å². The molecule has 6 heteroatoms. The van der Waals surface area contributed by atoms with Gasteiger partial charge in [-0.1, -0.05) is 6.07 Å². The molecule has 0 amide bonds. The maximum absolute atomic E-state index is 12.3. The number of hydrogen-bond acceptors (Lipinski definition) is 6. The summed E-state index contributed by atoms with van der Waals surface area (Å²) in [6, 6.07) is 16.3. The highest BCUT2D eigenvalue weighted by atomic mass is 16.5. The second-order valence-corrected chi connectivity index (χ2v) is 6.03. The van der Waals surface area contributed by atoms with Gasteiger partial charge in [-0.25, -0.2) is 14.8 Å². The van der Waals surface area contributed by atoms with Gasteiger partial charge in [0.25, 0.3) is 0 Å². The van der Waals surface area contributed by atoms with Gasteiger partial charge in [-0.05, 0) is 43.3 Å². The molecule has 0 bridgehead atoms. The second-order valence-electron chi connectivity index (χ2n) is 6.03. The Kier molecular flexibility index (Phi) is 5.12. The maximum Gasteiger partial charge on any atom is 0.343 e. The summed E-state index contributed by atoms with van der Waals surface area (Å²) in [5.74, 6) is 0.744. The van der Waals surface area contributed by atoms with Crippen molar-refractivity contribution in [3.05, 3.63) is 72.2 Å². The summed E-state index contributed by atoms with van der Waals surface area (Å²) in [6.07, 6.45) is 1.50. The minimum Gasteiger partial charge on any atom is -0.423 e. The average Bonchev–Trinajstić information content (AvgIpc) is 2.62. The summed E-state index contributed by atoms with van der Waals surface area (Å²) in [6.45, 7) is 1.90. The Morgan fingerprint density at radius 3 is 2.50 bits per heavy atom. The smallest absolute Gasteiger partial charge is 0.343 e. The number of benzene rings is 2. The highest BCUT2D eigenvalue weighted by Crippen LogP contribution is 2.22. The van der Waals surface area contributed by atoms with Gasteiger partial charge in [0.15, 0.2) is 0 Å². The van der Waals surface area contributed by atoms with E-state index in [0.717, 1.165) is 17.1 Å². The van der Waals surface area contributed by atoms with Gasteiger partial charge in [0.1, 0.15) is 17.9 Å². The molecule has 3 aromatic rings. The summed E-state index contributed by atoms with van der Waals surface area (Å²) in [5.41, 5.74) is 3.16. The third kappa shape index (κ3) is 4.36. The molecule has 132 valence electrons. The van der Waals surface area contributed by atoms with E-state index in [1.54, 1.807) is 24.3 Å². The Balaban J connectivity index is 1.70. The number of aromatic nitrogens is 2. The lowest BCUT2D eigenvalue weighted by Crippen LogP contribution is -2.11. The molecule has 6 nitrogen and oxygen atoms in total. The number of ether oxygens (including phenoxy) is 1. The van der Waals surface area contributed by atoms with Crippen molar-refractivity contribution in [3.8, 4) is 5.75 Å². The van der Waals surface area contributed by atoms with Crippen LogP contribution in [0.4, 0.5) is 17.2 Å². The van der Waals surface area contributed by atoms with Crippen molar-refractivity contribution in [3.63, 3.8) is 0 Å². The van der Waals surface area contributed by atoms with E-state index in [9.17, 15) is 4.79 Å². The lowest BCUT2D eigenvalue weighted by molar-refractivity contribution is 0.0735. The predicted molar refractivity (Wildman–Crippen MR) is 102 cm³/mol. The molecule has 0 saturated carbocycles. The first kappa shape index (κ1) is 17.4. The zero-order valence-corrected chi connectivity index (χ0v) is 14.9. The first-order valence-electron chi connectivity index (χ1n) is 8.16. The summed E-state index contributed by atoms with van der Waals surface area (Å²) in [4.78, 5) is 22.5. The number of nitrogens with zero attached hydrogens (tertiary/aromatic N) is 3. The molecule has 0 fully saturated rings. The van der Waals surface area contributed by atoms with Crippen LogP contribution >= 0.6 is 0 Å². The van der Waals surface area contributed by atoms with Gasteiger partial charge in [-0.15, -0.1) is 0 Å². The third-order valence-electron chi connectivity index (χ3n) is 3.74. The number of carbonyl (C=O) groups excluding carboxylic acids is 1. The third-order valence-corrected chi connectivity index (χ3v) is 3.74. The summed E-state index contributed by atoms with van der Waals surface area (Å²) in [5, 5.41) is 3.17. The van der Waals surface area contributed by atoms with E-state index in [1.807, 2.05) is 56.3 Å². The monoisotopic (exact) mass is 348 g/mol. The van der Waals surface area contributed by atoms with Crippen molar-refractivity contribution in [2.24, 2.45) is 0 Å². The molecule has 0 aliphatic heterocycles. The van der Waals surface area contributed by atoms with Gasteiger partial charge in [0, 0.05) is 43.3 Å². The van der Waals surface area contributed by atoms with E-state index >= 15 is 0 Å². The standard InChI is InChI=1S/C20H20N4O2/c1-14-11-19(22-13-21-14)23-16-5-4-6-18(12-16)26-20(25)15-7-9-17(10-8-15)24(2)3/h4-13H,1-3H3,(H,21,22,23). The van der Waals surface area contributed by atoms with Gasteiger partial charge in [-0.2, -0.15) is 0 Å². The highest BCUT2D eigenvalue weighted by molar-refractivity contribution is 5.91. The number of hydrogen-bond donors (Lipinski definition) is 1. The Morgan fingerprint density at radius 2 is 1.81 bits per heavy atom. The van der Waals surface area contributed by atoms with Crippen LogP contribution in [0.5, 0.6) is 5.75 Å². The minimum absolute atomic E-state index is 0.398. The molecule has 0 aliphatic carbocycles. The van der Waals surface area contributed by atoms with Crippen molar-refractivity contribution in [1.82, 2.24) is 9.97 Å². The Bertz CT molecular complexity index is 908. The fourth-order valence-corrected chi connectivity index (χ4v) is 2.37. The fraction of sp³-hybridized carbons (Fsp3) is 0.150. The Labute approximate surface area is 152 Å². The Hall–Kier alpha value is -3.41. The van der Waals surface area contributed by atoms with Crippen molar-refractivity contribution in [1.29, 1.82) is 0 Å². The molecule has 0 radical (unpaired) electrons. The number of carbonyl (C=O) groups is 1. The molecule has 1 N–H and O–H groups in total. The Morgan fingerprint density at radius 1 is 1.04 bits per heavy atom. The molecule has 3 rings (SSSR count). The summed E-state index contributed by atoms with van der Waals surface area (Å²) in [7, 11) is 3.90. The average molecular weight is 348 g/mol. The van der Waals surface area contributed by atoms with Crippen LogP contribution in [0.25, 0.3) is 0 Å². The molecule has 26 heavy (non-hydrogen) atoms. The van der Waals surface area contributed by atoms with E-state index in [0.29, 0.717) is 17.1 Å². The maximum atomic E-state index is 12.3. The topological polar surface area (TPSA) is 67.3 Å². The molecule has 1 aromatic heterocycles. The number of anilines is 3. The van der Waals surface area contributed by atoms with Gasteiger partial charge in [0.2, 0.25) is 0 Å². The molecule has 1 heterocycles. The summed E-state index contributed by atoms with van der Waals surface area (Å²) < 4.78 is 5.48. The van der Waals surface area contributed by atoms with Crippen molar-refractivity contribution in [2.75, 3.05) is 24.3 Å². The summed E-state index contributed by atoms with van der Waals surface area (Å²) >= 11 is 0. The molecule has 0 saturated heterocycles. The van der Waals surface area contributed by atoms with Crippen LogP contribution in [0.15, 0.2) is 60.9 Å². The van der Waals surface area contributed by atoms with Gasteiger partial charge in [0.05, 0.1) is 5.56 Å². The number of nitrogens with one attached hydrogen (secondary N) is 1. The molecule has 2 aromatic carbocycles. The van der Waals surface area contributed by atoms with Crippen LogP contribution in [0.3, 0.4) is 0 Å². The van der Waals surface area contributed by atoms with Crippen LogP contribution < -0.4 is 15.0 Å². The zero-order chi connectivity index (χ0) is 18.5. The van der Waals surface area contributed by atoms with E-state index in [-0.39, 0.29) is 0 Å². The van der Waals surface area contributed by atoms with E-state index < -0.39 is 5.97 Å². The van der Waals surface area contributed by atoms with E-state index in [2.05, 4.69) is 15.3 Å².